The number of nitrogens with one attached hydrogen (secondary N) is 1. The van der Waals surface area contributed by atoms with Gasteiger partial charge in [0.05, 0.1) is 18.4 Å². The summed E-state index contributed by atoms with van der Waals surface area (Å²) in [7, 11) is 0. The Kier molecular flexibility index (Phi) is 4.71. The van der Waals surface area contributed by atoms with Crippen molar-refractivity contribution < 1.29 is 9.21 Å². The van der Waals surface area contributed by atoms with Gasteiger partial charge in [0.25, 0.3) is 5.91 Å². The minimum atomic E-state index is -0.0977. The van der Waals surface area contributed by atoms with Gasteiger partial charge in [0, 0.05) is 18.3 Å². The van der Waals surface area contributed by atoms with Crippen LogP contribution in [0.4, 0.5) is 5.69 Å². The lowest BCUT2D eigenvalue weighted by Crippen LogP contribution is -2.30. The van der Waals surface area contributed by atoms with Crippen molar-refractivity contribution in [2.75, 3.05) is 4.90 Å². The predicted octanol–water partition coefficient (Wildman–Crippen LogP) is 4.47. The lowest BCUT2D eigenvalue weighted by molar-refractivity contribution is 0.0949. The zero-order valence-electron chi connectivity index (χ0n) is 15.7. The van der Waals surface area contributed by atoms with Gasteiger partial charge in [0.1, 0.15) is 5.76 Å². The summed E-state index contributed by atoms with van der Waals surface area (Å²) < 4.78 is 5.68. The Morgan fingerprint density at radius 3 is 2.74 bits per heavy atom. The SMILES string of the molecule is Cc1ccc(CNC(=O)c2ccoc2CN2c3ccccc3CC2C)cc1. The number of aryl methyl sites for hydroxylation is 1. The molecule has 0 bridgehead atoms. The molecule has 3 aromatic rings. The highest BCUT2D eigenvalue weighted by Crippen LogP contribution is 2.33. The molecule has 4 heteroatoms. The number of para-hydroxylation sites is 1. The Balaban J connectivity index is 1.46. The molecule has 4 rings (SSSR count). The molecule has 1 amide bonds. The van der Waals surface area contributed by atoms with E-state index in [-0.39, 0.29) is 5.91 Å². The molecule has 1 aliphatic rings. The highest BCUT2D eigenvalue weighted by molar-refractivity contribution is 5.95. The fourth-order valence-electron chi connectivity index (χ4n) is 3.67. The Morgan fingerprint density at radius 2 is 1.93 bits per heavy atom. The van der Waals surface area contributed by atoms with Crippen molar-refractivity contribution in [3.05, 3.63) is 88.9 Å². The molecule has 138 valence electrons. The Hall–Kier alpha value is -3.01. The second-order valence-corrected chi connectivity index (χ2v) is 7.24. The van der Waals surface area contributed by atoms with Crippen molar-refractivity contribution in [3.63, 3.8) is 0 Å². The van der Waals surface area contributed by atoms with E-state index in [1.165, 1.54) is 16.8 Å². The number of carbonyl (C=O) groups excluding carboxylic acids is 1. The number of hydrogen-bond acceptors (Lipinski definition) is 3. The maximum atomic E-state index is 12.7. The number of amides is 1. The van der Waals surface area contributed by atoms with Crippen LogP contribution in [0.5, 0.6) is 0 Å². The first-order valence-electron chi connectivity index (χ1n) is 9.36. The highest BCUT2D eigenvalue weighted by Gasteiger charge is 2.27. The molecular weight excluding hydrogens is 336 g/mol. The third-order valence-electron chi connectivity index (χ3n) is 5.23. The van der Waals surface area contributed by atoms with Crippen molar-refractivity contribution in [2.45, 2.75) is 39.4 Å². The quantitative estimate of drug-likeness (QED) is 0.730. The van der Waals surface area contributed by atoms with E-state index in [0.717, 1.165) is 12.0 Å². The average molecular weight is 360 g/mol. The molecule has 27 heavy (non-hydrogen) atoms. The van der Waals surface area contributed by atoms with Gasteiger partial charge in [0.15, 0.2) is 0 Å². The molecule has 0 saturated carbocycles. The van der Waals surface area contributed by atoms with Crippen molar-refractivity contribution >= 4 is 11.6 Å². The van der Waals surface area contributed by atoms with Crippen LogP contribution in [0, 0.1) is 6.92 Å². The van der Waals surface area contributed by atoms with Gasteiger partial charge in [-0.15, -0.1) is 0 Å². The summed E-state index contributed by atoms with van der Waals surface area (Å²) in [5.74, 6) is 0.611. The molecule has 0 fully saturated rings. The Labute approximate surface area is 159 Å². The highest BCUT2D eigenvalue weighted by atomic mass is 16.3. The second-order valence-electron chi connectivity index (χ2n) is 7.24. The largest absolute Gasteiger partial charge is 0.467 e. The van der Waals surface area contributed by atoms with E-state index in [1.807, 2.05) is 12.1 Å². The van der Waals surface area contributed by atoms with Crippen LogP contribution in [-0.2, 0) is 19.5 Å². The van der Waals surface area contributed by atoms with E-state index < -0.39 is 0 Å². The number of carbonyl (C=O) groups is 1. The first-order valence-corrected chi connectivity index (χ1v) is 9.36. The summed E-state index contributed by atoms with van der Waals surface area (Å²) in [6.45, 7) is 5.36. The van der Waals surface area contributed by atoms with Crippen molar-refractivity contribution in [2.24, 2.45) is 0 Å². The molecule has 0 radical (unpaired) electrons. The fraction of sp³-hybridized carbons (Fsp3) is 0.261. The van der Waals surface area contributed by atoms with Gasteiger partial charge in [-0.1, -0.05) is 48.0 Å². The zero-order chi connectivity index (χ0) is 18.8. The van der Waals surface area contributed by atoms with E-state index >= 15 is 0 Å². The molecule has 0 spiro atoms. The molecule has 1 atom stereocenters. The van der Waals surface area contributed by atoms with Gasteiger partial charge in [-0.3, -0.25) is 4.79 Å². The Bertz CT molecular complexity index is 943. The lowest BCUT2D eigenvalue weighted by Gasteiger charge is -2.24. The van der Waals surface area contributed by atoms with E-state index in [2.05, 4.69) is 60.5 Å². The van der Waals surface area contributed by atoms with Crippen LogP contribution in [0.25, 0.3) is 0 Å². The van der Waals surface area contributed by atoms with E-state index in [1.54, 1.807) is 12.3 Å². The third kappa shape index (κ3) is 3.61. The van der Waals surface area contributed by atoms with Gasteiger partial charge in [-0.05, 0) is 43.5 Å². The number of benzene rings is 2. The number of hydrogen-bond donors (Lipinski definition) is 1. The van der Waals surface area contributed by atoms with Crippen LogP contribution in [0.2, 0.25) is 0 Å². The lowest BCUT2D eigenvalue weighted by atomic mass is 10.1. The molecule has 1 unspecified atom stereocenters. The van der Waals surface area contributed by atoms with E-state index in [9.17, 15) is 4.79 Å². The summed E-state index contributed by atoms with van der Waals surface area (Å²) >= 11 is 0. The summed E-state index contributed by atoms with van der Waals surface area (Å²) in [6.07, 6.45) is 2.62. The number of rotatable bonds is 5. The van der Waals surface area contributed by atoms with Gasteiger partial charge in [-0.2, -0.15) is 0 Å². The van der Waals surface area contributed by atoms with E-state index in [4.69, 9.17) is 4.42 Å². The molecule has 0 saturated heterocycles. The molecule has 1 N–H and O–H groups in total. The molecule has 2 aromatic carbocycles. The number of furan rings is 1. The van der Waals surface area contributed by atoms with Crippen LogP contribution in [0.15, 0.2) is 65.3 Å². The maximum absolute atomic E-state index is 12.7. The van der Waals surface area contributed by atoms with Crippen LogP contribution < -0.4 is 10.2 Å². The van der Waals surface area contributed by atoms with Gasteiger partial charge in [0.2, 0.25) is 0 Å². The monoisotopic (exact) mass is 360 g/mol. The van der Waals surface area contributed by atoms with Crippen molar-refractivity contribution in [1.82, 2.24) is 5.32 Å². The van der Waals surface area contributed by atoms with Crippen molar-refractivity contribution in [3.8, 4) is 0 Å². The normalized spacial score (nSPS) is 15.6. The topological polar surface area (TPSA) is 45.5 Å². The van der Waals surface area contributed by atoms with Crippen LogP contribution in [0.3, 0.4) is 0 Å². The van der Waals surface area contributed by atoms with Crippen LogP contribution in [0.1, 0.15) is 39.7 Å². The zero-order valence-corrected chi connectivity index (χ0v) is 15.7. The standard InChI is InChI=1S/C23H24N2O2/c1-16-7-9-18(10-8-16)14-24-23(26)20-11-12-27-22(20)15-25-17(2)13-19-5-3-4-6-21(19)25/h3-12,17H,13-15H2,1-2H3,(H,24,26). The fourth-order valence-corrected chi connectivity index (χ4v) is 3.67. The summed E-state index contributed by atoms with van der Waals surface area (Å²) in [4.78, 5) is 15.0. The summed E-state index contributed by atoms with van der Waals surface area (Å²) in [6, 6.07) is 18.8. The molecule has 2 heterocycles. The minimum absolute atomic E-state index is 0.0977. The minimum Gasteiger partial charge on any atom is -0.467 e. The second kappa shape index (κ2) is 7.31. The Morgan fingerprint density at radius 1 is 1.15 bits per heavy atom. The molecule has 1 aromatic heterocycles. The first kappa shape index (κ1) is 17.4. The smallest absolute Gasteiger partial charge is 0.255 e. The van der Waals surface area contributed by atoms with Gasteiger partial charge < -0.3 is 14.6 Å². The number of anilines is 1. The van der Waals surface area contributed by atoms with E-state index in [0.29, 0.717) is 30.5 Å². The number of nitrogens with zero attached hydrogens (tertiary/aromatic N) is 1. The molecule has 1 aliphatic heterocycles. The summed E-state index contributed by atoms with van der Waals surface area (Å²) in [5.41, 5.74) is 5.48. The average Bonchev–Trinajstić information content (AvgIpc) is 3.26. The van der Waals surface area contributed by atoms with Crippen molar-refractivity contribution in [1.29, 1.82) is 0 Å². The van der Waals surface area contributed by atoms with Gasteiger partial charge >= 0.3 is 0 Å². The predicted molar refractivity (Wildman–Crippen MR) is 107 cm³/mol. The molecule has 4 nitrogen and oxygen atoms in total. The third-order valence-corrected chi connectivity index (χ3v) is 5.23. The first-order chi connectivity index (χ1) is 13.1. The van der Waals surface area contributed by atoms with Gasteiger partial charge in [-0.25, -0.2) is 0 Å². The van der Waals surface area contributed by atoms with Crippen LogP contribution >= 0.6 is 0 Å². The molecular formula is C23H24N2O2. The maximum Gasteiger partial charge on any atom is 0.255 e. The number of fused-ring (bicyclic) bond motifs is 1. The van der Waals surface area contributed by atoms with Crippen LogP contribution in [-0.4, -0.2) is 11.9 Å². The molecule has 0 aliphatic carbocycles. The summed E-state index contributed by atoms with van der Waals surface area (Å²) in [5, 5.41) is 3.00.